The first-order valence-electron chi connectivity index (χ1n) is 6.66. The van der Waals surface area contributed by atoms with E-state index < -0.39 is 0 Å². The largest absolute Gasteiger partial charge is 0.366 e. The minimum Gasteiger partial charge on any atom is -0.366 e. The molecule has 1 heterocycles. The number of nitriles is 1. The number of anilines is 1. The highest BCUT2D eigenvalue weighted by molar-refractivity contribution is 5.53. The van der Waals surface area contributed by atoms with Gasteiger partial charge in [0.15, 0.2) is 0 Å². The topological polar surface area (TPSA) is 27.0 Å². The highest BCUT2D eigenvalue weighted by Crippen LogP contribution is 2.38. The number of benzene rings is 1. The molecule has 0 bridgehead atoms. The van der Waals surface area contributed by atoms with Crippen molar-refractivity contribution in [3.05, 3.63) is 29.3 Å². The minimum atomic E-state index is 0.156. The van der Waals surface area contributed by atoms with Crippen molar-refractivity contribution in [2.45, 2.75) is 46.1 Å². The Balaban J connectivity index is 2.27. The Labute approximate surface area is 110 Å². The first kappa shape index (κ1) is 13.0. The maximum atomic E-state index is 8.87. The van der Waals surface area contributed by atoms with E-state index in [1.807, 2.05) is 0 Å². The lowest BCUT2D eigenvalue weighted by molar-refractivity contribution is 0.476. The Morgan fingerprint density at radius 1 is 1.33 bits per heavy atom. The standard InChI is InChI=1S/C16H22N2/c1-12-5-6-15(9-13(12)2)18-11-14(7-8-17)10-16(18,3)4/h5-6,9,14H,7,10-11H2,1-4H3. The van der Waals surface area contributed by atoms with Gasteiger partial charge in [-0.15, -0.1) is 0 Å². The van der Waals surface area contributed by atoms with Gasteiger partial charge in [-0.1, -0.05) is 6.07 Å². The van der Waals surface area contributed by atoms with Gasteiger partial charge in [-0.25, -0.2) is 0 Å². The molecule has 1 aromatic carbocycles. The van der Waals surface area contributed by atoms with Crippen LogP contribution in [0, 0.1) is 31.1 Å². The van der Waals surface area contributed by atoms with E-state index in [1.54, 1.807) is 0 Å². The summed E-state index contributed by atoms with van der Waals surface area (Å²) in [6, 6.07) is 8.98. The predicted octanol–water partition coefficient (Wildman–Crippen LogP) is 3.82. The predicted molar refractivity (Wildman–Crippen MR) is 75.7 cm³/mol. The van der Waals surface area contributed by atoms with Gasteiger partial charge < -0.3 is 4.90 Å². The molecule has 0 saturated carbocycles. The third-order valence-electron chi connectivity index (χ3n) is 4.14. The average molecular weight is 242 g/mol. The second-order valence-corrected chi connectivity index (χ2v) is 6.12. The van der Waals surface area contributed by atoms with Gasteiger partial charge in [0.1, 0.15) is 0 Å². The molecule has 2 nitrogen and oxygen atoms in total. The molecule has 1 atom stereocenters. The van der Waals surface area contributed by atoms with Crippen LogP contribution in [0.4, 0.5) is 5.69 Å². The summed E-state index contributed by atoms with van der Waals surface area (Å²) in [5.41, 5.74) is 4.13. The van der Waals surface area contributed by atoms with Gasteiger partial charge in [0.2, 0.25) is 0 Å². The van der Waals surface area contributed by atoms with Crippen LogP contribution in [-0.4, -0.2) is 12.1 Å². The molecule has 0 spiro atoms. The number of rotatable bonds is 2. The highest BCUT2D eigenvalue weighted by atomic mass is 15.2. The number of hydrogen-bond acceptors (Lipinski definition) is 2. The molecular formula is C16H22N2. The molecular weight excluding hydrogens is 220 g/mol. The van der Waals surface area contributed by atoms with E-state index in [0.29, 0.717) is 12.3 Å². The van der Waals surface area contributed by atoms with Crippen LogP contribution in [0.1, 0.15) is 37.8 Å². The van der Waals surface area contributed by atoms with Crippen molar-refractivity contribution in [3.8, 4) is 6.07 Å². The summed E-state index contributed by atoms with van der Waals surface area (Å²) in [4.78, 5) is 2.46. The monoisotopic (exact) mass is 242 g/mol. The van der Waals surface area contributed by atoms with E-state index in [-0.39, 0.29) is 5.54 Å². The van der Waals surface area contributed by atoms with Gasteiger partial charge in [0, 0.05) is 24.2 Å². The Kier molecular flexibility index (Phi) is 3.34. The molecule has 0 N–H and O–H groups in total. The molecule has 2 heteroatoms. The molecule has 2 rings (SSSR count). The zero-order valence-electron chi connectivity index (χ0n) is 11.8. The summed E-state index contributed by atoms with van der Waals surface area (Å²) in [6.07, 6.45) is 1.78. The van der Waals surface area contributed by atoms with Crippen LogP contribution < -0.4 is 4.90 Å². The highest BCUT2D eigenvalue weighted by Gasteiger charge is 2.38. The van der Waals surface area contributed by atoms with Gasteiger partial charge in [-0.2, -0.15) is 5.26 Å². The average Bonchev–Trinajstić information content (AvgIpc) is 2.58. The summed E-state index contributed by atoms with van der Waals surface area (Å²) < 4.78 is 0. The van der Waals surface area contributed by atoms with Crippen molar-refractivity contribution in [1.82, 2.24) is 0 Å². The quantitative estimate of drug-likeness (QED) is 0.788. The second kappa shape index (κ2) is 4.65. The van der Waals surface area contributed by atoms with Gasteiger partial charge in [-0.3, -0.25) is 0 Å². The van der Waals surface area contributed by atoms with Gasteiger partial charge in [0.25, 0.3) is 0 Å². The zero-order valence-corrected chi connectivity index (χ0v) is 11.8. The zero-order chi connectivity index (χ0) is 13.3. The summed E-state index contributed by atoms with van der Waals surface area (Å²) in [7, 11) is 0. The fourth-order valence-electron chi connectivity index (χ4n) is 3.00. The first-order valence-corrected chi connectivity index (χ1v) is 6.66. The van der Waals surface area contributed by atoms with E-state index in [0.717, 1.165) is 13.0 Å². The van der Waals surface area contributed by atoms with Gasteiger partial charge >= 0.3 is 0 Å². The van der Waals surface area contributed by atoms with Crippen molar-refractivity contribution in [2.24, 2.45) is 5.92 Å². The molecule has 0 aliphatic carbocycles. The summed E-state index contributed by atoms with van der Waals surface area (Å²) in [5.74, 6) is 0.506. The molecule has 1 aromatic rings. The molecule has 96 valence electrons. The molecule has 1 aliphatic rings. The van der Waals surface area contributed by atoms with E-state index in [4.69, 9.17) is 5.26 Å². The van der Waals surface area contributed by atoms with Crippen LogP contribution in [0.25, 0.3) is 0 Å². The van der Waals surface area contributed by atoms with Gasteiger partial charge in [-0.05, 0) is 63.3 Å². The Morgan fingerprint density at radius 3 is 2.67 bits per heavy atom. The maximum Gasteiger partial charge on any atom is 0.0625 e. The summed E-state index contributed by atoms with van der Waals surface area (Å²) in [6.45, 7) is 9.86. The molecule has 18 heavy (non-hydrogen) atoms. The van der Waals surface area contributed by atoms with Crippen LogP contribution in [0.15, 0.2) is 18.2 Å². The number of aryl methyl sites for hydroxylation is 2. The van der Waals surface area contributed by atoms with Crippen molar-refractivity contribution in [2.75, 3.05) is 11.4 Å². The molecule has 1 saturated heterocycles. The molecule has 0 amide bonds. The molecule has 1 unspecified atom stereocenters. The fraction of sp³-hybridized carbons (Fsp3) is 0.562. The first-order chi connectivity index (χ1) is 8.44. The third-order valence-corrected chi connectivity index (χ3v) is 4.14. The molecule has 0 radical (unpaired) electrons. The third kappa shape index (κ3) is 2.36. The van der Waals surface area contributed by atoms with E-state index in [9.17, 15) is 0 Å². The van der Waals surface area contributed by atoms with Crippen LogP contribution in [-0.2, 0) is 0 Å². The Hall–Kier alpha value is -1.49. The number of nitrogens with zero attached hydrogens (tertiary/aromatic N) is 2. The summed E-state index contributed by atoms with van der Waals surface area (Å²) in [5, 5.41) is 8.87. The Bertz CT molecular complexity index is 482. The number of hydrogen-bond donors (Lipinski definition) is 0. The molecule has 1 fully saturated rings. The van der Waals surface area contributed by atoms with Crippen LogP contribution in [0.3, 0.4) is 0 Å². The second-order valence-electron chi connectivity index (χ2n) is 6.12. The lowest BCUT2D eigenvalue weighted by atomic mass is 9.94. The van der Waals surface area contributed by atoms with Gasteiger partial charge in [0.05, 0.1) is 6.07 Å². The fourth-order valence-corrected chi connectivity index (χ4v) is 3.00. The van der Waals surface area contributed by atoms with Crippen molar-refractivity contribution < 1.29 is 0 Å². The van der Waals surface area contributed by atoms with E-state index in [2.05, 4.69) is 56.9 Å². The maximum absolute atomic E-state index is 8.87. The van der Waals surface area contributed by atoms with Crippen molar-refractivity contribution in [1.29, 1.82) is 5.26 Å². The summed E-state index contributed by atoms with van der Waals surface area (Å²) >= 11 is 0. The van der Waals surface area contributed by atoms with Crippen LogP contribution in [0.5, 0.6) is 0 Å². The lowest BCUT2D eigenvalue weighted by Gasteiger charge is -2.34. The lowest BCUT2D eigenvalue weighted by Crippen LogP contribution is -2.38. The van der Waals surface area contributed by atoms with Crippen molar-refractivity contribution in [3.63, 3.8) is 0 Å². The minimum absolute atomic E-state index is 0.156. The SMILES string of the molecule is Cc1ccc(N2CC(CC#N)CC2(C)C)cc1C. The normalized spacial score (nSPS) is 21.9. The Morgan fingerprint density at radius 2 is 2.06 bits per heavy atom. The van der Waals surface area contributed by atoms with Crippen LogP contribution in [0.2, 0.25) is 0 Å². The van der Waals surface area contributed by atoms with E-state index >= 15 is 0 Å². The smallest absolute Gasteiger partial charge is 0.0625 e. The van der Waals surface area contributed by atoms with Crippen LogP contribution >= 0.6 is 0 Å². The van der Waals surface area contributed by atoms with Crippen molar-refractivity contribution >= 4 is 5.69 Å². The molecule has 0 aromatic heterocycles. The molecule has 1 aliphatic heterocycles. The van der Waals surface area contributed by atoms with E-state index in [1.165, 1.54) is 16.8 Å².